The fraction of sp³-hybridized carbons (Fsp3) is 0.263. The molecule has 0 fully saturated rings. The minimum absolute atomic E-state index is 0.263. The van der Waals surface area contributed by atoms with Crippen LogP contribution >= 0.6 is 0 Å². The predicted molar refractivity (Wildman–Crippen MR) is 187 cm³/mol. The number of rotatable bonds is 13. The van der Waals surface area contributed by atoms with Gasteiger partial charge in [0.1, 0.15) is 5.75 Å². The number of anilines is 2. The standard InChI is InChI=1S/C38H40N4O6/c1-4-6-23-48-32-19-14-27(15-20-32)36(43)39-30-17-12-26(13-18-30)37(44)40-31-10-7-9-29(24-31)38(45)42-22-8-11-33(41-42)28-16-21-34(46-3)35(25-28)47-5-2/h7,9-10,12-21,24-25H,4-6,8,11,22-23H2,1-3H3,(H,39,43)(H,40,44). The second kappa shape index (κ2) is 16.3. The van der Waals surface area contributed by atoms with Gasteiger partial charge in [-0.25, -0.2) is 5.01 Å². The van der Waals surface area contributed by atoms with Crippen LogP contribution in [0.15, 0.2) is 96.1 Å². The van der Waals surface area contributed by atoms with E-state index in [1.54, 1.807) is 79.9 Å². The predicted octanol–water partition coefficient (Wildman–Crippen LogP) is 7.42. The highest BCUT2D eigenvalue weighted by Crippen LogP contribution is 2.30. The van der Waals surface area contributed by atoms with E-state index in [1.165, 1.54) is 5.01 Å². The normalized spacial score (nSPS) is 12.5. The van der Waals surface area contributed by atoms with Gasteiger partial charge in [-0.05, 0) is 111 Å². The Morgan fingerprint density at radius 3 is 2.17 bits per heavy atom. The van der Waals surface area contributed by atoms with E-state index in [-0.39, 0.29) is 17.7 Å². The lowest BCUT2D eigenvalue weighted by Gasteiger charge is -2.24. The molecule has 10 heteroatoms. The molecule has 5 rings (SSSR count). The monoisotopic (exact) mass is 648 g/mol. The molecule has 0 saturated heterocycles. The topological polar surface area (TPSA) is 119 Å². The van der Waals surface area contributed by atoms with Crippen LogP contribution in [0.2, 0.25) is 0 Å². The summed E-state index contributed by atoms with van der Waals surface area (Å²) in [5.41, 5.74) is 3.98. The summed E-state index contributed by atoms with van der Waals surface area (Å²) in [7, 11) is 1.59. The number of methoxy groups -OCH3 is 1. The van der Waals surface area contributed by atoms with E-state index in [9.17, 15) is 14.4 Å². The summed E-state index contributed by atoms with van der Waals surface area (Å²) in [5.74, 6) is 1.11. The van der Waals surface area contributed by atoms with Crippen LogP contribution in [-0.4, -0.2) is 55.3 Å². The Balaban J connectivity index is 1.20. The average Bonchev–Trinajstić information content (AvgIpc) is 3.12. The highest BCUT2D eigenvalue weighted by atomic mass is 16.5. The maximum atomic E-state index is 13.5. The second-order valence-corrected chi connectivity index (χ2v) is 11.2. The molecule has 3 amide bonds. The maximum Gasteiger partial charge on any atom is 0.274 e. The first-order valence-corrected chi connectivity index (χ1v) is 16.1. The molecular weight excluding hydrogens is 608 g/mol. The van der Waals surface area contributed by atoms with Gasteiger partial charge >= 0.3 is 0 Å². The molecule has 0 atom stereocenters. The molecule has 2 N–H and O–H groups in total. The third kappa shape index (κ3) is 8.58. The van der Waals surface area contributed by atoms with Gasteiger partial charge in [0.05, 0.1) is 26.0 Å². The third-order valence-electron chi connectivity index (χ3n) is 7.71. The van der Waals surface area contributed by atoms with Crippen molar-refractivity contribution < 1.29 is 28.6 Å². The number of ether oxygens (including phenoxy) is 3. The lowest BCUT2D eigenvalue weighted by Crippen LogP contribution is -2.32. The Kier molecular flexibility index (Phi) is 11.4. The van der Waals surface area contributed by atoms with Crippen LogP contribution in [0.4, 0.5) is 11.4 Å². The van der Waals surface area contributed by atoms with Gasteiger partial charge in [-0.2, -0.15) is 5.10 Å². The SMILES string of the molecule is CCCCOc1ccc(C(=O)Nc2ccc(C(=O)Nc3cccc(C(=O)N4CCCC(c5ccc(OC)c(OCC)c5)=N4)c3)cc2)cc1. The Morgan fingerprint density at radius 1 is 0.771 bits per heavy atom. The molecular formula is C38H40N4O6. The molecule has 1 aliphatic heterocycles. The summed E-state index contributed by atoms with van der Waals surface area (Å²) in [6, 6.07) is 26.0. The van der Waals surface area contributed by atoms with Crippen LogP contribution in [-0.2, 0) is 0 Å². The lowest BCUT2D eigenvalue weighted by atomic mass is 10.0. The van der Waals surface area contributed by atoms with Crippen molar-refractivity contribution in [3.05, 3.63) is 113 Å². The van der Waals surface area contributed by atoms with Gasteiger partial charge in [0, 0.05) is 40.2 Å². The second-order valence-electron chi connectivity index (χ2n) is 11.2. The van der Waals surface area contributed by atoms with E-state index in [2.05, 4.69) is 22.7 Å². The molecule has 248 valence electrons. The van der Waals surface area contributed by atoms with Crippen LogP contribution in [0.5, 0.6) is 17.2 Å². The number of carbonyl (C=O) groups excluding carboxylic acids is 3. The smallest absolute Gasteiger partial charge is 0.274 e. The third-order valence-corrected chi connectivity index (χ3v) is 7.71. The van der Waals surface area contributed by atoms with Gasteiger partial charge in [0.15, 0.2) is 11.5 Å². The first-order chi connectivity index (χ1) is 23.4. The molecule has 1 aliphatic rings. The summed E-state index contributed by atoms with van der Waals surface area (Å²) in [6.45, 7) is 5.63. The molecule has 1 heterocycles. The quantitative estimate of drug-likeness (QED) is 0.146. The van der Waals surface area contributed by atoms with Gasteiger partial charge in [-0.3, -0.25) is 14.4 Å². The van der Waals surface area contributed by atoms with Gasteiger partial charge in [0.25, 0.3) is 17.7 Å². The molecule has 48 heavy (non-hydrogen) atoms. The Labute approximate surface area is 280 Å². The van der Waals surface area contributed by atoms with Crippen LogP contribution < -0.4 is 24.8 Å². The zero-order chi connectivity index (χ0) is 33.9. The van der Waals surface area contributed by atoms with E-state index in [1.807, 2.05) is 25.1 Å². The highest BCUT2D eigenvalue weighted by Gasteiger charge is 2.22. The Hall–Kier alpha value is -5.64. The zero-order valence-electron chi connectivity index (χ0n) is 27.5. The summed E-state index contributed by atoms with van der Waals surface area (Å²) >= 11 is 0. The number of hydrogen-bond donors (Lipinski definition) is 2. The number of nitrogens with one attached hydrogen (secondary N) is 2. The lowest BCUT2D eigenvalue weighted by molar-refractivity contribution is 0.0751. The van der Waals surface area contributed by atoms with Crippen molar-refractivity contribution in [3.8, 4) is 17.2 Å². The van der Waals surface area contributed by atoms with Crippen molar-refractivity contribution in [1.29, 1.82) is 0 Å². The van der Waals surface area contributed by atoms with Gasteiger partial charge in [0.2, 0.25) is 0 Å². The molecule has 10 nitrogen and oxygen atoms in total. The zero-order valence-corrected chi connectivity index (χ0v) is 27.5. The summed E-state index contributed by atoms with van der Waals surface area (Å²) in [6.07, 6.45) is 3.51. The Bertz CT molecular complexity index is 1770. The highest BCUT2D eigenvalue weighted by molar-refractivity contribution is 6.07. The van der Waals surface area contributed by atoms with Crippen LogP contribution in [0.3, 0.4) is 0 Å². The van der Waals surface area contributed by atoms with Gasteiger partial charge in [-0.15, -0.1) is 0 Å². The number of amides is 3. The molecule has 0 bridgehead atoms. The first kappa shape index (κ1) is 33.7. The van der Waals surface area contributed by atoms with E-state index < -0.39 is 0 Å². The van der Waals surface area contributed by atoms with E-state index >= 15 is 0 Å². The minimum atomic E-state index is -0.348. The number of hydrazone groups is 1. The minimum Gasteiger partial charge on any atom is -0.494 e. The number of hydrogen-bond acceptors (Lipinski definition) is 7. The molecule has 4 aromatic carbocycles. The van der Waals surface area contributed by atoms with Crippen molar-refractivity contribution in [2.75, 3.05) is 37.5 Å². The van der Waals surface area contributed by atoms with Gasteiger partial charge in [-0.1, -0.05) is 19.4 Å². The van der Waals surface area contributed by atoms with E-state index in [4.69, 9.17) is 14.2 Å². The van der Waals surface area contributed by atoms with Crippen molar-refractivity contribution in [2.45, 2.75) is 39.5 Å². The molecule has 0 aliphatic carbocycles. The average molecular weight is 649 g/mol. The summed E-state index contributed by atoms with van der Waals surface area (Å²) in [5, 5.41) is 11.8. The largest absolute Gasteiger partial charge is 0.494 e. The Morgan fingerprint density at radius 2 is 1.48 bits per heavy atom. The first-order valence-electron chi connectivity index (χ1n) is 16.1. The molecule has 0 unspecified atom stereocenters. The van der Waals surface area contributed by atoms with Crippen molar-refractivity contribution in [1.82, 2.24) is 5.01 Å². The van der Waals surface area contributed by atoms with Crippen LogP contribution in [0.25, 0.3) is 0 Å². The van der Waals surface area contributed by atoms with Crippen LogP contribution in [0, 0.1) is 0 Å². The summed E-state index contributed by atoms with van der Waals surface area (Å²) in [4.78, 5) is 39.2. The van der Waals surface area contributed by atoms with Gasteiger partial charge < -0.3 is 24.8 Å². The fourth-order valence-corrected chi connectivity index (χ4v) is 5.14. The van der Waals surface area contributed by atoms with Crippen molar-refractivity contribution >= 4 is 34.8 Å². The molecule has 0 aromatic heterocycles. The van der Waals surface area contributed by atoms with Crippen molar-refractivity contribution in [2.24, 2.45) is 5.10 Å². The van der Waals surface area contributed by atoms with Crippen LogP contribution in [0.1, 0.15) is 76.2 Å². The number of benzene rings is 4. The maximum absolute atomic E-state index is 13.5. The summed E-state index contributed by atoms with van der Waals surface area (Å²) < 4.78 is 16.8. The van der Waals surface area contributed by atoms with E-state index in [0.717, 1.165) is 42.7 Å². The molecule has 4 aromatic rings. The molecule has 0 saturated carbocycles. The molecule has 0 radical (unpaired) electrons. The number of unbranched alkanes of at least 4 members (excludes halogenated alkanes) is 1. The number of nitrogens with zero attached hydrogens (tertiary/aromatic N) is 2. The van der Waals surface area contributed by atoms with Crippen molar-refractivity contribution in [3.63, 3.8) is 0 Å². The van der Waals surface area contributed by atoms with E-state index in [0.29, 0.717) is 59.3 Å². The molecule has 0 spiro atoms. The fourth-order valence-electron chi connectivity index (χ4n) is 5.14. The number of carbonyl (C=O) groups is 3.